The molecule has 0 aliphatic heterocycles. The van der Waals surface area contributed by atoms with Crippen molar-refractivity contribution in [2.45, 2.75) is 24.9 Å². The van der Waals surface area contributed by atoms with E-state index in [2.05, 4.69) is 0 Å². The SMILES string of the molecule is N[C@@H](CCSSCC[C@H](N)C(=O)[Te])C(=O)O. The van der Waals surface area contributed by atoms with Crippen LogP contribution in [0.2, 0.25) is 0 Å². The van der Waals surface area contributed by atoms with Crippen molar-refractivity contribution in [3.63, 3.8) is 0 Å². The van der Waals surface area contributed by atoms with E-state index in [0.29, 0.717) is 18.6 Å². The van der Waals surface area contributed by atoms with Gasteiger partial charge in [-0.3, -0.25) is 0 Å². The van der Waals surface area contributed by atoms with E-state index in [1.807, 2.05) is 0 Å². The standard InChI is InChI=1S/C8H15N2O3S2Te/c9-5(7(11)12)1-3-14-15-4-2-6(10)8(13)16/h5-6H,1-4,9-10H2,(H,11,12)/t5-,6-/m0/s1. The van der Waals surface area contributed by atoms with Crippen LogP contribution in [0.15, 0.2) is 0 Å². The molecule has 0 spiro atoms. The summed E-state index contributed by atoms with van der Waals surface area (Å²) in [5.74, 6) is 0.508. The molecule has 0 aliphatic carbocycles. The molecular weight excluding hydrogens is 364 g/mol. The summed E-state index contributed by atoms with van der Waals surface area (Å²) in [6, 6.07) is -1.16. The summed E-state index contributed by atoms with van der Waals surface area (Å²) >= 11 is 1.41. The predicted molar refractivity (Wildman–Crippen MR) is 68.5 cm³/mol. The number of carbonyl (C=O) groups is 2. The summed E-state index contributed by atoms with van der Waals surface area (Å²) in [5.41, 5.74) is 10.9. The summed E-state index contributed by atoms with van der Waals surface area (Å²) in [7, 11) is 3.15. The molecule has 93 valence electrons. The van der Waals surface area contributed by atoms with Gasteiger partial charge < -0.3 is 0 Å². The summed E-state index contributed by atoms with van der Waals surface area (Å²) in [4.78, 5) is 21.2. The molecule has 0 aromatic carbocycles. The van der Waals surface area contributed by atoms with Crippen LogP contribution in [-0.4, -0.2) is 60.8 Å². The number of nitrogens with two attached hydrogens (primary N) is 2. The van der Waals surface area contributed by atoms with E-state index >= 15 is 0 Å². The zero-order valence-electron chi connectivity index (χ0n) is 8.63. The van der Waals surface area contributed by atoms with E-state index in [4.69, 9.17) is 16.6 Å². The van der Waals surface area contributed by atoms with Crippen LogP contribution < -0.4 is 11.5 Å². The van der Waals surface area contributed by atoms with Gasteiger partial charge in [0, 0.05) is 0 Å². The van der Waals surface area contributed by atoms with Gasteiger partial charge in [0.2, 0.25) is 0 Å². The fourth-order valence-corrected chi connectivity index (χ4v) is 3.27. The van der Waals surface area contributed by atoms with Crippen LogP contribution >= 0.6 is 21.6 Å². The Morgan fingerprint density at radius 2 is 1.56 bits per heavy atom. The van der Waals surface area contributed by atoms with Crippen LogP contribution in [-0.2, 0) is 9.59 Å². The number of hydrogen-bond donors (Lipinski definition) is 3. The molecule has 0 aromatic rings. The molecule has 0 aromatic heterocycles. The van der Waals surface area contributed by atoms with Gasteiger partial charge in [-0.25, -0.2) is 0 Å². The molecule has 0 fully saturated rings. The van der Waals surface area contributed by atoms with Crippen LogP contribution in [0, 0.1) is 0 Å². The first-order chi connectivity index (χ1) is 7.45. The monoisotopic (exact) mass is 381 g/mol. The number of carboxylic acid groups (broad SMARTS) is 1. The fraction of sp³-hybridized carbons (Fsp3) is 0.750. The van der Waals surface area contributed by atoms with Crippen molar-refractivity contribution in [3.05, 3.63) is 0 Å². The number of hydrogen-bond acceptors (Lipinski definition) is 6. The normalized spacial score (nSPS) is 14.4. The van der Waals surface area contributed by atoms with E-state index in [1.54, 1.807) is 21.6 Å². The molecule has 8 heteroatoms. The van der Waals surface area contributed by atoms with E-state index < -0.39 is 12.0 Å². The molecule has 0 unspecified atom stereocenters. The molecule has 0 saturated carbocycles. The Hall–Kier alpha value is 0.550. The number of aliphatic carboxylic acids is 1. The van der Waals surface area contributed by atoms with Gasteiger partial charge in [-0.05, 0) is 0 Å². The third kappa shape index (κ3) is 8.67. The molecule has 0 aliphatic rings. The molecule has 0 rings (SSSR count). The van der Waals surface area contributed by atoms with Crippen LogP contribution in [0.1, 0.15) is 12.8 Å². The Morgan fingerprint density at radius 3 is 1.94 bits per heavy atom. The number of carbonyl (C=O) groups excluding carboxylic acids is 1. The van der Waals surface area contributed by atoms with Gasteiger partial charge in [0.15, 0.2) is 0 Å². The summed E-state index contributed by atoms with van der Waals surface area (Å²) in [6.07, 6.45) is 1.10. The predicted octanol–water partition coefficient (Wildman–Crippen LogP) is -0.418. The molecule has 16 heavy (non-hydrogen) atoms. The Labute approximate surface area is 116 Å². The third-order valence-corrected chi connectivity index (χ3v) is 5.06. The second-order valence-electron chi connectivity index (χ2n) is 3.09. The molecule has 5 nitrogen and oxygen atoms in total. The first-order valence-electron chi connectivity index (χ1n) is 4.64. The van der Waals surface area contributed by atoms with Gasteiger partial charge in [-0.15, -0.1) is 0 Å². The zero-order chi connectivity index (χ0) is 12.6. The van der Waals surface area contributed by atoms with E-state index in [0.717, 1.165) is 5.75 Å². The van der Waals surface area contributed by atoms with Crippen LogP contribution in [0.25, 0.3) is 0 Å². The summed E-state index contributed by atoms with van der Waals surface area (Å²) < 4.78 is 0.00861. The first kappa shape index (κ1) is 16.5. The van der Waals surface area contributed by atoms with Gasteiger partial charge in [0.1, 0.15) is 0 Å². The topological polar surface area (TPSA) is 106 Å². The maximum atomic E-state index is 10.8. The Bertz CT molecular complexity index is 219. The Kier molecular flexibility index (Phi) is 9.90. The number of carboxylic acids is 1. The number of rotatable bonds is 9. The Balaban J connectivity index is 3.34. The van der Waals surface area contributed by atoms with Crippen molar-refractivity contribution in [1.29, 1.82) is 0 Å². The molecule has 0 bridgehead atoms. The maximum absolute atomic E-state index is 10.8. The average molecular weight is 379 g/mol. The fourth-order valence-electron chi connectivity index (χ4n) is 0.709. The van der Waals surface area contributed by atoms with Crippen LogP contribution in [0.5, 0.6) is 0 Å². The van der Waals surface area contributed by atoms with Crippen LogP contribution in [0.3, 0.4) is 0 Å². The van der Waals surface area contributed by atoms with Crippen molar-refractivity contribution in [2.24, 2.45) is 11.5 Å². The van der Waals surface area contributed by atoms with Gasteiger partial charge >= 0.3 is 116 Å². The second-order valence-corrected chi connectivity index (χ2v) is 6.94. The summed E-state index contributed by atoms with van der Waals surface area (Å²) in [6.45, 7) is 0. The van der Waals surface area contributed by atoms with Crippen molar-refractivity contribution in [3.8, 4) is 0 Å². The van der Waals surface area contributed by atoms with E-state index in [-0.39, 0.29) is 9.87 Å². The van der Waals surface area contributed by atoms with Gasteiger partial charge in [0.25, 0.3) is 0 Å². The zero-order valence-corrected chi connectivity index (χ0v) is 12.6. The second kappa shape index (κ2) is 9.57. The molecule has 1 radical (unpaired) electrons. The quantitative estimate of drug-likeness (QED) is 0.284. The third-order valence-electron chi connectivity index (χ3n) is 1.73. The van der Waals surface area contributed by atoms with E-state index in [9.17, 15) is 9.59 Å². The van der Waals surface area contributed by atoms with Crippen molar-refractivity contribution in [1.82, 2.24) is 0 Å². The average Bonchev–Trinajstić information content (AvgIpc) is 2.21. The molecule has 2 atom stereocenters. The van der Waals surface area contributed by atoms with Gasteiger partial charge in [0.05, 0.1) is 0 Å². The van der Waals surface area contributed by atoms with Crippen molar-refractivity contribution < 1.29 is 14.7 Å². The van der Waals surface area contributed by atoms with Crippen LogP contribution in [0.4, 0.5) is 0 Å². The molecule has 0 saturated heterocycles. The van der Waals surface area contributed by atoms with Gasteiger partial charge in [-0.1, -0.05) is 0 Å². The van der Waals surface area contributed by atoms with E-state index in [1.165, 1.54) is 22.3 Å². The molecule has 0 heterocycles. The molecule has 5 N–H and O–H groups in total. The van der Waals surface area contributed by atoms with Gasteiger partial charge in [-0.2, -0.15) is 0 Å². The molecule has 0 amide bonds. The first-order valence-corrected chi connectivity index (χ1v) is 8.29. The molecular formula is C8H15N2O3S2Te. The van der Waals surface area contributed by atoms with Crippen molar-refractivity contribution in [2.75, 3.05) is 11.5 Å². The Morgan fingerprint density at radius 1 is 1.12 bits per heavy atom. The summed E-state index contributed by atoms with van der Waals surface area (Å²) in [5, 5.41) is 8.52. The minimum absolute atomic E-state index is 0.00861. The van der Waals surface area contributed by atoms with Crippen molar-refractivity contribution >= 4 is 53.7 Å². The minimum atomic E-state index is -0.968.